The van der Waals surface area contributed by atoms with Crippen LogP contribution < -0.4 is 0 Å². The van der Waals surface area contributed by atoms with Crippen LogP contribution in [0.1, 0.15) is 12.0 Å². The van der Waals surface area contributed by atoms with Crippen LogP contribution >= 0.6 is 22.6 Å². The highest BCUT2D eigenvalue weighted by atomic mass is 127. The Morgan fingerprint density at radius 3 is 2.62 bits per heavy atom. The van der Waals surface area contributed by atoms with Gasteiger partial charge in [0.2, 0.25) is 0 Å². The molecule has 68 valence electrons. The largest absolute Gasteiger partial charge is 0.380 e. The normalized spacial score (nSPS) is 11.5. The first-order valence-corrected chi connectivity index (χ1v) is 5.24. The van der Waals surface area contributed by atoms with Crippen molar-refractivity contribution in [1.82, 2.24) is 0 Å². The van der Waals surface area contributed by atoms with Crippen LogP contribution in [-0.4, -0.2) is 11.2 Å². The van der Waals surface area contributed by atoms with Crippen molar-refractivity contribution in [2.24, 2.45) is 0 Å². The summed E-state index contributed by atoms with van der Waals surface area (Å²) in [5.74, 6) is 2.71. The van der Waals surface area contributed by atoms with E-state index < -0.39 is 6.10 Å². The Bertz CT molecular complexity index is 297. The summed E-state index contributed by atoms with van der Waals surface area (Å²) in [4.78, 5) is 0. The highest BCUT2D eigenvalue weighted by Crippen LogP contribution is 2.04. The number of rotatable bonds is 3. The summed E-state index contributed by atoms with van der Waals surface area (Å²) in [6, 6.07) is 10.1. The molecular formula is C11H11IO. The predicted molar refractivity (Wildman–Crippen MR) is 62.6 cm³/mol. The molecule has 0 heterocycles. The lowest BCUT2D eigenvalue weighted by atomic mass is 10.1. The van der Waals surface area contributed by atoms with Crippen molar-refractivity contribution in [3.8, 4) is 9.85 Å². The van der Waals surface area contributed by atoms with Crippen LogP contribution in [0.4, 0.5) is 0 Å². The molecule has 1 rings (SSSR count). The van der Waals surface area contributed by atoms with Crippen molar-refractivity contribution < 1.29 is 5.11 Å². The molecule has 0 amide bonds. The van der Waals surface area contributed by atoms with E-state index >= 15 is 0 Å². The van der Waals surface area contributed by atoms with Crippen molar-refractivity contribution in [1.29, 1.82) is 0 Å². The lowest BCUT2D eigenvalue weighted by molar-refractivity contribution is 0.222. The molecule has 1 N–H and O–H groups in total. The molecule has 0 spiro atoms. The maximum atomic E-state index is 9.33. The van der Waals surface area contributed by atoms with Gasteiger partial charge in [0, 0.05) is 22.6 Å². The van der Waals surface area contributed by atoms with Gasteiger partial charge in [-0.2, -0.15) is 0 Å². The van der Waals surface area contributed by atoms with Crippen molar-refractivity contribution in [2.75, 3.05) is 0 Å². The Labute approximate surface area is 92.3 Å². The monoisotopic (exact) mass is 286 g/mol. The number of halogens is 1. The number of aliphatic hydroxyl groups excluding tert-OH is 1. The molecule has 0 fully saturated rings. The second-order valence-electron chi connectivity index (χ2n) is 2.78. The SMILES string of the molecule is OC(C#CI)CCc1ccccc1. The standard InChI is InChI=1S/C11H11IO/c12-9-8-11(13)7-6-10-4-2-1-3-5-10/h1-5,11,13H,6-7H2. The van der Waals surface area contributed by atoms with E-state index in [1.165, 1.54) is 5.56 Å². The third-order valence-corrected chi connectivity index (χ3v) is 2.08. The van der Waals surface area contributed by atoms with E-state index in [0.29, 0.717) is 6.42 Å². The van der Waals surface area contributed by atoms with Crippen LogP contribution in [0.5, 0.6) is 0 Å². The fraction of sp³-hybridized carbons (Fsp3) is 0.273. The van der Waals surface area contributed by atoms with Gasteiger partial charge in [0.1, 0.15) is 6.10 Å². The Kier molecular flexibility index (Phi) is 4.87. The molecule has 0 bridgehead atoms. The van der Waals surface area contributed by atoms with Gasteiger partial charge in [-0.05, 0) is 22.3 Å². The maximum absolute atomic E-state index is 9.33. The average molecular weight is 286 g/mol. The fourth-order valence-corrected chi connectivity index (χ4v) is 1.44. The van der Waals surface area contributed by atoms with Gasteiger partial charge in [-0.1, -0.05) is 36.3 Å². The Balaban J connectivity index is 2.38. The summed E-state index contributed by atoms with van der Waals surface area (Å²) in [6.07, 6.45) is 1.10. The first-order valence-electron chi connectivity index (χ1n) is 4.16. The molecule has 0 radical (unpaired) electrons. The number of hydrogen-bond donors (Lipinski definition) is 1. The van der Waals surface area contributed by atoms with Gasteiger partial charge in [0.25, 0.3) is 0 Å². The fourth-order valence-electron chi connectivity index (χ4n) is 1.08. The third-order valence-electron chi connectivity index (χ3n) is 1.77. The van der Waals surface area contributed by atoms with E-state index in [1.807, 2.05) is 40.8 Å². The van der Waals surface area contributed by atoms with E-state index in [0.717, 1.165) is 6.42 Å². The Morgan fingerprint density at radius 1 is 1.31 bits per heavy atom. The summed E-state index contributed by atoms with van der Waals surface area (Å²) in [7, 11) is 0. The molecule has 13 heavy (non-hydrogen) atoms. The molecule has 1 aromatic rings. The molecular weight excluding hydrogens is 275 g/mol. The summed E-state index contributed by atoms with van der Waals surface area (Å²) >= 11 is 1.94. The third kappa shape index (κ3) is 4.30. The lowest BCUT2D eigenvalue weighted by Gasteiger charge is -2.02. The van der Waals surface area contributed by atoms with Crippen LogP contribution in [0.25, 0.3) is 0 Å². The molecule has 2 heteroatoms. The molecule has 1 aromatic carbocycles. The van der Waals surface area contributed by atoms with Crippen LogP contribution in [0.3, 0.4) is 0 Å². The van der Waals surface area contributed by atoms with E-state index in [1.54, 1.807) is 0 Å². The quantitative estimate of drug-likeness (QED) is 0.668. The highest BCUT2D eigenvalue weighted by Gasteiger charge is 1.99. The van der Waals surface area contributed by atoms with Crippen molar-refractivity contribution >= 4 is 22.6 Å². The first kappa shape index (κ1) is 10.6. The average Bonchev–Trinajstić information content (AvgIpc) is 2.17. The molecule has 0 aliphatic carbocycles. The van der Waals surface area contributed by atoms with Crippen LogP contribution in [-0.2, 0) is 6.42 Å². The van der Waals surface area contributed by atoms with Gasteiger partial charge in [-0.3, -0.25) is 0 Å². The number of aryl methyl sites for hydroxylation is 1. The van der Waals surface area contributed by atoms with Crippen LogP contribution in [0.2, 0.25) is 0 Å². The number of benzene rings is 1. The molecule has 1 atom stereocenters. The van der Waals surface area contributed by atoms with Gasteiger partial charge in [0.15, 0.2) is 0 Å². The first-order chi connectivity index (χ1) is 6.33. The minimum Gasteiger partial charge on any atom is -0.380 e. The topological polar surface area (TPSA) is 20.2 Å². The Hall–Kier alpha value is -0.530. The second kappa shape index (κ2) is 6.01. The van der Waals surface area contributed by atoms with E-state index in [-0.39, 0.29) is 0 Å². The smallest absolute Gasteiger partial charge is 0.115 e. The summed E-state index contributed by atoms with van der Waals surface area (Å²) in [6.45, 7) is 0. The summed E-state index contributed by atoms with van der Waals surface area (Å²) in [5.41, 5.74) is 1.25. The van der Waals surface area contributed by atoms with Gasteiger partial charge in [0.05, 0.1) is 0 Å². The van der Waals surface area contributed by atoms with Gasteiger partial charge >= 0.3 is 0 Å². The van der Waals surface area contributed by atoms with Crippen LogP contribution in [0, 0.1) is 9.85 Å². The zero-order chi connectivity index (χ0) is 9.52. The van der Waals surface area contributed by atoms with Crippen molar-refractivity contribution in [3.05, 3.63) is 35.9 Å². The molecule has 0 aliphatic rings. The van der Waals surface area contributed by atoms with Gasteiger partial charge in [-0.25, -0.2) is 0 Å². The molecule has 1 unspecified atom stereocenters. The number of hydrogen-bond acceptors (Lipinski definition) is 1. The van der Waals surface area contributed by atoms with Gasteiger partial charge < -0.3 is 5.11 Å². The molecule has 0 saturated heterocycles. The van der Waals surface area contributed by atoms with E-state index in [2.05, 4.69) is 22.0 Å². The minimum atomic E-state index is -0.489. The zero-order valence-corrected chi connectivity index (χ0v) is 9.36. The van der Waals surface area contributed by atoms with Crippen molar-refractivity contribution in [2.45, 2.75) is 18.9 Å². The molecule has 0 aliphatic heterocycles. The van der Waals surface area contributed by atoms with Crippen LogP contribution in [0.15, 0.2) is 30.3 Å². The van der Waals surface area contributed by atoms with E-state index in [9.17, 15) is 5.11 Å². The maximum Gasteiger partial charge on any atom is 0.115 e. The second-order valence-corrected chi connectivity index (χ2v) is 3.32. The van der Waals surface area contributed by atoms with Crippen molar-refractivity contribution in [3.63, 3.8) is 0 Å². The molecule has 0 aromatic heterocycles. The minimum absolute atomic E-state index is 0.489. The number of aliphatic hydroxyl groups is 1. The molecule has 1 nitrogen and oxygen atoms in total. The summed E-state index contributed by atoms with van der Waals surface area (Å²) in [5, 5.41) is 9.33. The van der Waals surface area contributed by atoms with E-state index in [4.69, 9.17) is 0 Å². The lowest BCUT2D eigenvalue weighted by Crippen LogP contribution is -2.03. The highest BCUT2D eigenvalue weighted by molar-refractivity contribution is 14.1. The summed E-state index contributed by atoms with van der Waals surface area (Å²) < 4.78 is 2.67. The molecule has 0 saturated carbocycles. The zero-order valence-electron chi connectivity index (χ0n) is 7.20. The van der Waals surface area contributed by atoms with Gasteiger partial charge in [-0.15, -0.1) is 0 Å². The Morgan fingerprint density at radius 2 is 2.00 bits per heavy atom. The predicted octanol–water partition coefficient (Wildman–Crippen LogP) is 2.38.